The van der Waals surface area contributed by atoms with Crippen molar-refractivity contribution in [1.82, 2.24) is 5.43 Å². The van der Waals surface area contributed by atoms with E-state index >= 15 is 0 Å². The number of nitrogens with zero attached hydrogens (tertiary/aromatic N) is 1. The van der Waals surface area contributed by atoms with Crippen molar-refractivity contribution in [3.63, 3.8) is 0 Å². The number of phenolic OH excluding ortho intramolecular Hbond substituents is 1. The average molecular weight is 296 g/mol. The Morgan fingerprint density at radius 1 is 1.09 bits per heavy atom. The fraction of sp³-hybridized carbons (Fsp3) is 0.222. The van der Waals surface area contributed by atoms with Gasteiger partial charge in [0.15, 0.2) is 0 Å². The van der Waals surface area contributed by atoms with Crippen molar-refractivity contribution in [3.8, 4) is 5.75 Å². The van der Waals surface area contributed by atoms with Gasteiger partial charge in [0.1, 0.15) is 5.75 Å². The summed E-state index contributed by atoms with van der Waals surface area (Å²) in [6.45, 7) is 5.89. The molecule has 0 fully saturated rings. The highest BCUT2D eigenvalue weighted by atomic mass is 16.3. The minimum absolute atomic E-state index is 0.151. The third kappa shape index (κ3) is 4.19. The van der Waals surface area contributed by atoms with Gasteiger partial charge in [0, 0.05) is 0 Å². The van der Waals surface area contributed by atoms with Gasteiger partial charge in [-0.25, -0.2) is 5.43 Å². The van der Waals surface area contributed by atoms with E-state index in [1.807, 2.05) is 39.0 Å². The van der Waals surface area contributed by atoms with Crippen LogP contribution in [0, 0.1) is 13.8 Å². The summed E-state index contributed by atoms with van der Waals surface area (Å²) in [7, 11) is 0. The van der Waals surface area contributed by atoms with Gasteiger partial charge in [0.2, 0.25) is 5.91 Å². The van der Waals surface area contributed by atoms with Crippen LogP contribution in [0.25, 0.3) is 0 Å². The van der Waals surface area contributed by atoms with E-state index in [1.165, 1.54) is 11.1 Å². The molecule has 0 saturated carbocycles. The summed E-state index contributed by atoms with van der Waals surface area (Å²) < 4.78 is 0. The molecule has 4 nitrogen and oxygen atoms in total. The molecule has 0 aliphatic carbocycles. The molecule has 0 aromatic heterocycles. The lowest BCUT2D eigenvalue weighted by molar-refractivity contribution is -0.120. The Kier molecular flexibility index (Phi) is 4.94. The molecule has 0 radical (unpaired) electrons. The number of hydrogen-bond acceptors (Lipinski definition) is 3. The van der Waals surface area contributed by atoms with Crippen LogP contribution < -0.4 is 5.43 Å². The van der Waals surface area contributed by atoms with Crippen molar-refractivity contribution in [1.29, 1.82) is 0 Å². The SMILES string of the molecule is C/C(=N/NC(=O)Cc1ccc(C)c(C)c1)c1ccc(O)cc1. The summed E-state index contributed by atoms with van der Waals surface area (Å²) in [4.78, 5) is 11.9. The molecule has 0 aliphatic heterocycles. The van der Waals surface area contributed by atoms with Gasteiger partial charge in [0.05, 0.1) is 12.1 Å². The van der Waals surface area contributed by atoms with E-state index in [9.17, 15) is 9.90 Å². The van der Waals surface area contributed by atoms with Crippen LogP contribution in [0.2, 0.25) is 0 Å². The lowest BCUT2D eigenvalue weighted by Gasteiger charge is -2.05. The van der Waals surface area contributed by atoms with E-state index in [-0.39, 0.29) is 11.7 Å². The number of aryl methyl sites for hydroxylation is 2. The maximum atomic E-state index is 11.9. The topological polar surface area (TPSA) is 61.7 Å². The van der Waals surface area contributed by atoms with Crippen molar-refractivity contribution in [2.24, 2.45) is 5.10 Å². The smallest absolute Gasteiger partial charge is 0.244 e. The maximum absolute atomic E-state index is 11.9. The molecule has 2 rings (SSSR count). The predicted octanol–water partition coefficient (Wildman–Crippen LogP) is 3.09. The minimum atomic E-state index is -0.151. The summed E-state index contributed by atoms with van der Waals surface area (Å²) in [6.07, 6.45) is 0.299. The van der Waals surface area contributed by atoms with E-state index < -0.39 is 0 Å². The number of phenols is 1. The summed E-state index contributed by atoms with van der Waals surface area (Å²) in [5.41, 5.74) is 7.46. The van der Waals surface area contributed by atoms with Crippen LogP contribution in [0.3, 0.4) is 0 Å². The predicted molar refractivity (Wildman–Crippen MR) is 88.1 cm³/mol. The number of nitrogens with one attached hydrogen (secondary N) is 1. The Morgan fingerprint density at radius 3 is 2.41 bits per heavy atom. The summed E-state index contributed by atoms with van der Waals surface area (Å²) >= 11 is 0. The highest BCUT2D eigenvalue weighted by Gasteiger charge is 2.04. The molecule has 0 unspecified atom stereocenters. The molecule has 2 aromatic carbocycles. The number of carbonyl (C=O) groups is 1. The molecule has 22 heavy (non-hydrogen) atoms. The highest BCUT2D eigenvalue weighted by molar-refractivity contribution is 5.99. The fourth-order valence-corrected chi connectivity index (χ4v) is 2.05. The van der Waals surface area contributed by atoms with Crippen LogP contribution in [0.5, 0.6) is 5.75 Å². The van der Waals surface area contributed by atoms with Crippen LogP contribution >= 0.6 is 0 Å². The molecular formula is C18H20N2O2. The molecule has 2 N–H and O–H groups in total. The molecule has 0 aliphatic rings. The summed E-state index contributed by atoms with van der Waals surface area (Å²) in [6, 6.07) is 12.7. The molecule has 4 heteroatoms. The van der Waals surface area contributed by atoms with E-state index in [2.05, 4.69) is 10.5 Å². The van der Waals surface area contributed by atoms with Crippen molar-refractivity contribution in [3.05, 3.63) is 64.7 Å². The first-order valence-electron chi connectivity index (χ1n) is 7.14. The number of benzene rings is 2. The van der Waals surface area contributed by atoms with Gasteiger partial charge in [0.25, 0.3) is 0 Å². The number of hydrazone groups is 1. The number of hydrogen-bond donors (Lipinski definition) is 2. The maximum Gasteiger partial charge on any atom is 0.244 e. The number of carbonyl (C=O) groups excluding carboxylic acids is 1. The van der Waals surface area contributed by atoms with Crippen LogP contribution in [0.15, 0.2) is 47.6 Å². The van der Waals surface area contributed by atoms with Gasteiger partial charge in [-0.2, -0.15) is 5.10 Å². The summed E-state index contributed by atoms with van der Waals surface area (Å²) in [5, 5.41) is 13.3. The fourth-order valence-electron chi connectivity index (χ4n) is 2.05. The molecule has 0 bridgehead atoms. The molecule has 0 heterocycles. The Bertz CT molecular complexity index is 704. The van der Waals surface area contributed by atoms with Crippen molar-refractivity contribution >= 4 is 11.6 Å². The second-order valence-electron chi connectivity index (χ2n) is 5.37. The Balaban J connectivity index is 1.98. The van der Waals surface area contributed by atoms with Crippen LogP contribution in [-0.4, -0.2) is 16.7 Å². The largest absolute Gasteiger partial charge is 0.508 e. The normalized spacial score (nSPS) is 11.3. The molecule has 1 amide bonds. The van der Waals surface area contributed by atoms with E-state index in [0.29, 0.717) is 12.1 Å². The van der Waals surface area contributed by atoms with Crippen molar-refractivity contribution in [2.45, 2.75) is 27.2 Å². The third-order valence-electron chi connectivity index (χ3n) is 3.57. The highest BCUT2D eigenvalue weighted by Crippen LogP contribution is 2.11. The zero-order chi connectivity index (χ0) is 16.1. The minimum Gasteiger partial charge on any atom is -0.508 e. The first-order valence-corrected chi connectivity index (χ1v) is 7.14. The third-order valence-corrected chi connectivity index (χ3v) is 3.57. The Labute approximate surface area is 130 Å². The van der Waals surface area contributed by atoms with Crippen LogP contribution in [0.1, 0.15) is 29.2 Å². The first-order chi connectivity index (χ1) is 10.5. The lowest BCUT2D eigenvalue weighted by atomic mass is 10.0. The molecule has 0 spiro atoms. The zero-order valence-corrected chi connectivity index (χ0v) is 13.1. The van der Waals surface area contributed by atoms with Crippen molar-refractivity contribution < 1.29 is 9.90 Å². The second-order valence-corrected chi connectivity index (χ2v) is 5.37. The number of amides is 1. The first kappa shape index (κ1) is 15.8. The summed E-state index contributed by atoms with van der Waals surface area (Å²) in [5.74, 6) is 0.0525. The van der Waals surface area contributed by atoms with E-state index in [1.54, 1.807) is 24.3 Å². The van der Waals surface area contributed by atoms with Gasteiger partial charge in [-0.3, -0.25) is 4.79 Å². The van der Waals surface area contributed by atoms with E-state index in [0.717, 1.165) is 11.1 Å². The Morgan fingerprint density at radius 2 is 1.77 bits per heavy atom. The van der Waals surface area contributed by atoms with Crippen molar-refractivity contribution in [2.75, 3.05) is 0 Å². The molecule has 0 saturated heterocycles. The average Bonchev–Trinajstić information content (AvgIpc) is 2.49. The molecule has 114 valence electrons. The zero-order valence-electron chi connectivity index (χ0n) is 13.1. The molecule has 2 aromatic rings. The van der Waals surface area contributed by atoms with Gasteiger partial charge in [-0.15, -0.1) is 0 Å². The van der Waals surface area contributed by atoms with Gasteiger partial charge < -0.3 is 5.11 Å². The second kappa shape index (κ2) is 6.89. The number of rotatable bonds is 4. The standard InChI is InChI=1S/C18H20N2O2/c1-12-4-5-15(10-13(12)2)11-18(22)20-19-14(3)16-6-8-17(21)9-7-16/h4-10,21H,11H2,1-3H3,(H,20,22)/b19-14-. The monoisotopic (exact) mass is 296 g/mol. The molecular weight excluding hydrogens is 276 g/mol. The van der Waals surface area contributed by atoms with Gasteiger partial charge in [-0.05, 0) is 67.3 Å². The van der Waals surface area contributed by atoms with Crippen LogP contribution in [-0.2, 0) is 11.2 Å². The van der Waals surface area contributed by atoms with Gasteiger partial charge in [-0.1, -0.05) is 18.2 Å². The lowest BCUT2D eigenvalue weighted by Crippen LogP contribution is -2.21. The molecule has 0 atom stereocenters. The van der Waals surface area contributed by atoms with Crippen LogP contribution in [0.4, 0.5) is 0 Å². The number of aromatic hydroxyl groups is 1. The van der Waals surface area contributed by atoms with Gasteiger partial charge >= 0.3 is 0 Å². The van der Waals surface area contributed by atoms with E-state index in [4.69, 9.17) is 0 Å². The Hall–Kier alpha value is -2.62. The quantitative estimate of drug-likeness (QED) is 0.672.